The Hall–Kier alpha value is -1.10. The summed E-state index contributed by atoms with van der Waals surface area (Å²) < 4.78 is 0. The molecule has 3 N–H and O–H groups in total. The van der Waals surface area contributed by atoms with E-state index in [4.69, 9.17) is 10.8 Å². The zero-order valence-corrected chi connectivity index (χ0v) is 8.98. The number of carboxylic acids is 1. The molecule has 5 nitrogen and oxygen atoms in total. The summed E-state index contributed by atoms with van der Waals surface area (Å²) in [6.07, 6.45) is 1.73. The van der Waals surface area contributed by atoms with Crippen molar-refractivity contribution in [3.05, 3.63) is 0 Å². The summed E-state index contributed by atoms with van der Waals surface area (Å²) in [6, 6.07) is -0.208. The van der Waals surface area contributed by atoms with Crippen LogP contribution < -0.4 is 5.73 Å². The molecule has 0 aromatic heterocycles. The number of rotatable bonds is 5. The zero-order chi connectivity index (χ0) is 11.4. The number of nitrogens with zero attached hydrogens (tertiary/aromatic N) is 1. The van der Waals surface area contributed by atoms with E-state index < -0.39 is 17.8 Å². The van der Waals surface area contributed by atoms with Crippen molar-refractivity contribution >= 4 is 11.9 Å². The van der Waals surface area contributed by atoms with Crippen LogP contribution in [-0.2, 0) is 9.59 Å². The summed E-state index contributed by atoms with van der Waals surface area (Å²) in [5.74, 6) is -1.68. The van der Waals surface area contributed by atoms with E-state index in [-0.39, 0.29) is 12.5 Å². The fourth-order valence-electron chi connectivity index (χ4n) is 2.25. The monoisotopic (exact) mass is 214 g/mol. The van der Waals surface area contributed by atoms with Crippen LogP contribution in [0.15, 0.2) is 0 Å². The Kier molecular flexibility index (Phi) is 4.08. The predicted octanol–water partition coefficient (Wildman–Crippen LogP) is 0.0469. The van der Waals surface area contributed by atoms with Crippen molar-refractivity contribution in [2.24, 2.45) is 11.7 Å². The van der Waals surface area contributed by atoms with Gasteiger partial charge in [-0.15, -0.1) is 0 Å². The third kappa shape index (κ3) is 2.92. The highest BCUT2D eigenvalue weighted by Crippen LogP contribution is 2.26. The van der Waals surface area contributed by atoms with E-state index in [2.05, 4.69) is 4.90 Å². The summed E-state index contributed by atoms with van der Waals surface area (Å²) >= 11 is 0. The van der Waals surface area contributed by atoms with Crippen molar-refractivity contribution in [3.8, 4) is 0 Å². The molecule has 1 fully saturated rings. The van der Waals surface area contributed by atoms with Crippen LogP contribution in [0.1, 0.15) is 26.2 Å². The molecule has 0 saturated carbocycles. The van der Waals surface area contributed by atoms with E-state index in [9.17, 15) is 9.59 Å². The van der Waals surface area contributed by atoms with Gasteiger partial charge in [-0.3, -0.25) is 14.5 Å². The largest absolute Gasteiger partial charge is 0.481 e. The molecule has 1 aliphatic heterocycles. The molecule has 0 aliphatic carbocycles. The van der Waals surface area contributed by atoms with Crippen LogP contribution in [0.2, 0.25) is 0 Å². The number of aliphatic carboxylic acids is 1. The van der Waals surface area contributed by atoms with Crippen molar-refractivity contribution in [1.29, 1.82) is 0 Å². The van der Waals surface area contributed by atoms with Gasteiger partial charge in [-0.1, -0.05) is 6.92 Å². The second-order valence-corrected chi connectivity index (χ2v) is 4.01. The van der Waals surface area contributed by atoms with Gasteiger partial charge in [0.15, 0.2) is 0 Å². The summed E-state index contributed by atoms with van der Waals surface area (Å²) in [5, 5.41) is 9.00. The maximum atomic E-state index is 11.0. The Labute approximate surface area is 89.2 Å². The molecule has 0 radical (unpaired) electrons. The molecule has 2 unspecified atom stereocenters. The first-order valence-corrected chi connectivity index (χ1v) is 5.31. The van der Waals surface area contributed by atoms with Crippen molar-refractivity contribution in [1.82, 2.24) is 4.90 Å². The number of amides is 1. The van der Waals surface area contributed by atoms with Gasteiger partial charge in [0.25, 0.3) is 0 Å². The van der Waals surface area contributed by atoms with Gasteiger partial charge in [0.2, 0.25) is 5.91 Å². The SMILES string of the molecule is CCCN1CCC(C(=O)O)C1CC(N)=O. The fourth-order valence-corrected chi connectivity index (χ4v) is 2.25. The minimum atomic E-state index is -0.820. The number of carbonyl (C=O) groups excluding carboxylic acids is 1. The van der Waals surface area contributed by atoms with Crippen LogP contribution >= 0.6 is 0 Å². The van der Waals surface area contributed by atoms with Gasteiger partial charge in [0, 0.05) is 12.5 Å². The number of carboxylic acid groups (broad SMARTS) is 1. The standard InChI is InChI=1S/C10H18N2O3/c1-2-4-12-5-3-7(10(14)15)8(12)6-9(11)13/h7-8H,2-6H2,1H3,(H2,11,13)(H,14,15). The summed E-state index contributed by atoms with van der Waals surface area (Å²) in [5.41, 5.74) is 5.13. The molecule has 0 aromatic carbocycles. The molecule has 2 atom stereocenters. The van der Waals surface area contributed by atoms with Crippen molar-refractivity contribution in [3.63, 3.8) is 0 Å². The van der Waals surface area contributed by atoms with Gasteiger partial charge in [-0.25, -0.2) is 0 Å². The lowest BCUT2D eigenvalue weighted by molar-refractivity contribution is -0.142. The van der Waals surface area contributed by atoms with Crippen molar-refractivity contribution < 1.29 is 14.7 Å². The highest BCUT2D eigenvalue weighted by molar-refractivity contribution is 5.77. The van der Waals surface area contributed by atoms with Crippen molar-refractivity contribution in [2.75, 3.05) is 13.1 Å². The summed E-state index contributed by atoms with van der Waals surface area (Å²) in [6.45, 7) is 3.62. The molecule has 1 amide bonds. The average molecular weight is 214 g/mol. The topological polar surface area (TPSA) is 83.6 Å². The van der Waals surface area contributed by atoms with Crippen LogP contribution in [0, 0.1) is 5.92 Å². The average Bonchev–Trinajstić information content (AvgIpc) is 2.48. The number of hydrogen-bond donors (Lipinski definition) is 2. The van der Waals surface area contributed by atoms with Gasteiger partial charge >= 0.3 is 5.97 Å². The van der Waals surface area contributed by atoms with Crippen LogP contribution in [0.3, 0.4) is 0 Å². The first-order chi connectivity index (χ1) is 7.06. The zero-order valence-electron chi connectivity index (χ0n) is 8.98. The van der Waals surface area contributed by atoms with E-state index in [1.807, 2.05) is 6.92 Å². The van der Waals surface area contributed by atoms with Gasteiger partial charge in [0.1, 0.15) is 0 Å². The van der Waals surface area contributed by atoms with Gasteiger partial charge in [-0.2, -0.15) is 0 Å². The molecule has 0 spiro atoms. The first kappa shape index (κ1) is 12.0. The smallest absolute Gasteiger partial charge is 0.308 e. The van der Waals surface area contributed by atoms with Crippen LogP contribution in [0.25, 0.3) is 0 Å². The highest BCUT2D eigenvalue weighted by atomic mass is 16.4. The van der Waals surface area contributed by atoms with Crippen molar-refractivity contribution in [2.45, 2.75) is 32.2 Å². The lowest BCUT2D eigenvalue weighted by Gasteiger charge is -2.24. The molecule has 15 heavy (non-hydrogen) atoms. The number of carbonyl (C=O) groups is 2. The predicted molar refractivity (Wildman–Crippen MR) is 55.2 cm³/mol. The van der Waals surface area contributed by atoms with Gasteiger partial charge in [0.05, 0.1) is 5.92 Å². The molecule has 1 aliphatic rings. The number of primary amides is 1. The quantitative estimate of drug-likeness (QED) is 0.677. The minimum absolute atomic E-state index is 0.150. The molecular formula is C10H18N2O3. The molecule has 1 saturated heterocycles. The third-order valence-electron chi connectivity index (χ3n) is 2.90. The Morgan fingerprint density at radius 1 is 1.53 bits per heavy atom. The molecular weight excluding hydrogens is 196 g/mol. The summed E-state index contributed by atoms with van der Waals surface area (Å²) in [4.78, 5) is 23.9. The normalized spacial score (nSPS) is 26.7. The van der Waals surface area contributed by atoms with E-state index in [1.54, 1.807) is 0 Å². The van der Waals surface area contributed by atoms with E-state index in [0.717, 1.165) is 19.5 Å². The number of nitrogens with two attached hydrogens (primary N) is 1. The van der Waals surface area contributed by atoms with Gasteiger partial charge < -0.3 is 10.8 Å². The highest BCUT2D eigenvalue weighted by Gasteiger charge is 2.38. The Morgan fingerprint density at radius 3 is 2.67 bits per heavy atom. The Morgan fingerprint density at radius 2 is 2.20 bits per heavy atom. The fraction of sp³-hybridized carbons (Fsp3) is 0.800. The van der Waals surface area contributed by atoms with Crippen LogP contribution in [0.4, 0.5) is 0 Å². The Balaban J connectivity index is 2.68. The van der Waals surface area contributed by atoms with E-state index >= 15 is 0 Å². The molecule has 0 aromatic rings. The summed E-state index contributed by atoms with van der Waals surface area (Å²) in [7, 11) is 0. The molecule has 1 rings (SSSR count). The molecule has 5 heteroatoms. The van der Waals surface area contributed by atoms with E-state index in [1.165, 1.54) is 0 Å². The number of hydrogen-bond acceptors (Lipinski definition) is 3. The third-order valence-corrected chi connectivity index (χ3v) is 2.90. The minimum Gasteiger partial charge on any atom is -0.481 e. The van der Waals surface area contributed by atoms with Gasteiger partial charge in [-0.05, 0) is 25.9 Å². The first-order valence-electron chi connectivity index (χ1n) is 5.31. The lowest BCUT2D eigenvalue weighted by atomic mass is 9.97. The maximum absolute atomic E-state index is 11.0. The lowest BCUT2D eigenvalue weighted by Crippen LogP contribution is -2.39. The molecule has 86 valence electrons. The maximum Gasteiger partial charge on any atom is 0.308 e. The van der Waals surface area contributed by atoms with Crippen LogP contribution in [-0.4, -0.2) is 41.0 Å². The molecule has 1 heterocycles. The van der Waals surface area contributed by atoms with Crippen LogP contribution in [0.5, 0.6) is 0 Å². The second kappa shape index (κ2) is 5.11. The second-order valence-electron chi connectivity index (χ2n) is 4.01. The van der Waals surface area contributed by atoms with E-state index in [0.29, 0.717) is 6.42 Å². The Bertz CT molecular complexity index is 255. The number of likely N-dealkylation sites (tertiary alicyclic amines) is 1. The molecule has 0 bridgehead atoms.